The van der Waals surface area contributed by atoms with Gasteiger partial charge in [0.25, 0.3) is 0 Å². The molecule has 2 heterocycles. The first-order chi connectivity index (χ1) is 10.5. The van der Waals surface area contributed by atoms with E-state index in [1.165, 1.54) is 7.11 Å². The molecule has 0 spiro atoms. The fraction of sp³-hybridized carbons (Fsp3) is 0.714. The highest BCUT2D eigenvalue weighted by Gasteiger charge is 2.36. The number of aryl methyl sites for hydroxylation is 1. The summed E-state index contributed by atoms with van der Waals surface area (Å²) in [5.41, 5.74) is 0. The van der Waals surface area contributed by atoms with Gasteiger partial charge in [-0.2, -0.15) is 0 Å². The topological polar surface area (TPSA) is 84.6 Å². The number of aliphatic imine (C=N–C) groups is 1. The standard InChI is InChI=1S/C14H24N6O2.HI/c1-9-7-20(8-11(9)13(21)22-5)14(15-3)16-6-12-18-17-10(2)19(12)4;/h9,11H,6-8H2,1-5H3,(H,15,16);1H. The summed E-state index contributed by atoms with van der Waals surface area (Å²) in [5.74, 6) is 2.44. The van der Waals surface area contributed by atoms with Crippen LogP contribution in [-0.2, 0) is 23.1 Å². The van der Waals surface area contributed by atoms with Gasteiger partial charge >= 0.3 is 5.97 Å². The Hall–Kier alpha value is -1.39. The van der Waals surface area contributed by atoms with Gasteiger partial charge in [-0.3, -0.25) is 9.79 Å². The van der Waals surface area contributed by atoms with Crippen molar-refractivity contribution in [3.8, 4) is 0 Å². The largest absolute Gasteiger partial charge is 0.469 e. The lowest BCUT2D eigenvalue weighted by Gasteiger charge is -2.21. The number of hydrogen-bond acceptors (Lipinski definition) is 5. The molecule has 1 N–H and O–H groups in total. The predicted octanol–water partition coefficient (Wildman–Crippen LogP) is 0.558. The Kier molecular flexibility index (Phi) is 7.23. The highest BCUT2D eigenvalue weighted by molar-refractivity contribution is 14.0. The van der Waals surface area contributed by atoms with Crippen LogP contribution in [0.4, 0.5) is 0 Å². The molecule has 23 heavy (non-hydrogen) atoms. The summed E-state index contributed by atoms with van der Waals surface area (Å²) in [7, 11) is 5.10. The number of hydrogen-bond donors (Lipinski definition) is 1. The van der Waals surface area contributed by atoms with E-state index in [0.29, 0.717) is 13.1 Å². The fourth-order valence-electron chi connectivity index (χ4n) is 2.69. The van der Waals surface area contributed by atoms with E-state index in [4.69, 9.17) is 4.74 Å². The normalized spacial score (nSPS) is 21.1. The van der Waals surface area contributed by atoms with Gasteiger partial charge in [-0.15, -0.1) is 34.2 Å². The second kappa shape index (κ2) is 8.46. The van der Waals surface area contributed by atoms with Gasteiger partial charge in [-0.1, -0.05) is 6.92 Å². The van der Waals surface area contributed by atoms with Crippen LogP contribution in [0.1, 0.15) is 18.6 Å². The number of ether oxygens (including phenoxy) is 1. The molecule has 2 rings (SSSR count). The molecule has 9 heteroatoms. The highest BCUT2D eigenvalue weighted by Crippen LogP contribution is 2.24. The molecule has 1 saturated heterocycles. The fourth-order valence-corrected chi connectivity index (χ4v) is 2.69. The minimum absolute atomic E-state index is 0. The van der Waals surface area contributed by atoms with Crippen molar-refractivity contribution in [2.75, 3.05) is 27.2 Å². The van der Waals surface area contributed by atoms with Gasteiger partial charge in [0.15, 0.2) is 11.8 Å². The molecule has 0 saturated carbocycles. The first-order valence-electron chi connectivity index (χ1n) is 7.36. The number of carbonyl (C=O) groups is 1. The number of esters is 1. The first-order valence-corrected chi connectivity index (χ1v) is 7.36. The number of halogens is 1. The molecule has 1 aromatic heterocycles. The van der Waals surface area contributed by atoms with Gasteiger partial charge in [0, 0.05) is 27.2 Å². The Morgan fingerprint density at radius 2 is 2.13 bits per heavy atom. The lowest BCUT2D eigenvalue weighted by atomic mass is 9.99. The lowest BCUT2D eigenvalue weighted by Crippen LogP contribution is -2.40. The molecule has 130 valence electrons. The summed E-state index contributed by atoms with van der Waals surface area (Å²) in [4.78, 5) is 18.2. The van der Waals surface area contributed by atoms with Gasteiger partial charge in [-0.05, 0) is 12.8 Å². The Bertz CT molecular complexity index is 574. The van der Waals surface area contributed by atoms with E-state index in [1.54, 1.807) is 7.05 Å². The van der Waals surface area contributed by atoms with Gasteiger partial charge in [0.1, 0.15) is 5.82 Å². The lowest BCUT2D eigenvalue weighted by molar-refractivity contribution is -0.145. The van der Waals surface area contributed by atoms with Gasteiger partial charge in [-0.25, -0.2) is 0 Å². The van der Waals surface area contributed by atoms with Crippen molar-refractivity contribution in [2.45, 2.75) is 20.4 Å². The van der Waals surface area contributed by atoms with Gasteiger partial charge in [0.2, 0.25) is 0 Å². The van der Waals surface area contributed by atoms with E-state index in [1.807, 2.05) is 18.5 Å². The smallest absolute Gasteiger partial charge is 0.310 e. The Morgan fingerprint density at radius 1 is 1.43 bits per heavy atom. The molecule has 1 aromatic rings. The van der Waals surface area contributed by atoms with Crippen LogP contribution in [0.25, 0.3) is 0 Å². The maximum absolute atomic E-state index is 11.8. The number of likely N-dealkylation sites (tertiary alicyclic amines) is 1. The number of methoxy groups -OCH3 is 1. The van der Waals surface area contributed by atoms with Crippen LogP contribution < -0.4 is 5.32 Å². The second-order valence-electron chi connectivity index (χ2n) is 5.64. The quantitative estimate of drug-likeness (QED) is 0.323. The summed E-state index contributed by atoms with van der Waals surface area (Å²) in [6, 6.07) is 0. The molecule has 1 aliphatic rings. The van der Waals surface area contributed by atoms with Gasteiger partial charge in [0.05, 0.1) is 19.6 Å². The van der Waals surface area contributed by atoms with Crippen molar-refractivity contribution in [2.24, 2.45) is 23.9 Å². The molecule has 1 aliphatic heterocycles. The molecule has 2 atom stereocenters. The maximum Gasteiger partial charge on any atom is 0.310 e. The molecule has 0 amide bonds. The number of rotatable bonds is 3. The molecular weight excluding hydrogens is 411 g/mol. The van der Waals surface area contributed by atoms with Crippen LogP contribution in [0.5, 0.6) is 0 Å². The Balaban J connectivity index is 0.00000264. The van der Waals surface area contributed by atoms with Crippen LogP contribution in [-0.4, -0.2) is 58.8 Å². The highest BCUT2D eigenvalue weighted by atomic mass is 127. The number of nitrogens with zero attached hydrogens (tertiary/aromatic N) is 5. The van der Waals surface area contributed by atoms with Crippen LogP contribution in [0.2, 0.25) is 0 Å². The van der Waals surface area contributed by atoms with E-state index in [2.05, 4.69) is 32.3 Å². The van der Waals surface area contributed by atoms with Crippen molar-refractivity contribution in [3.63, 3.8) is 0 Å². The van der Waals surface area contributed by atoms with Crippen molar-refractivity contribution in [1.82, 2.24) is 25.0 Å². The average molecular weight is 436 g/mol. The third-order valence-electron chi connectivity index (χ3n) is 4.21. The predicted molar refractivity (Wildman–Crippen MR) is 97.6 cm³/mol. The molecule has 0 aliphatic carbocycles. The Labute approximate surface area is 153 Å². The first kappa shape index (κ1) is 19.7. The zero-order chi connectivity index (χ0) is 16.3. The van der Waals surface area contributed by atoms with Crippen molar-refractivity contribution >= 4 is 35.9 Å². The molecular formula is C14H25IN6O2. The molecule has 1 fully saturated rings. The number of aromatic nitrogens is 3. The maximum atomic E-state index is 11.8. The van der Waals surface area contributed by atoms with E-state index in [-0.39, 0.29) is 41.8 Å². The SMILES string of the molecule is CN=C(NCc1nnc(C)n1C)N1CC(C)C(C(=O)OC)C1.I. The Morgan fingerprint density at radius 3 is 2.65 bits per heavy atom. The molecule has 8 nitrogen and oxygen atoms in total. The molecule has 0 radical (unpaired) electrons. The third kappa shape index (κ3) is 4.33. The molecule has 2 unspecified atom stereocenters. The van der Waals surface area contributed by atoms with E-state index in [0.717, 1.165) is 24.2 Å². The van der Waals surface area contributed by atoms with E-state index in [9.17, 15) is 4.79 Å². The van der Waals surface area contributed by atoms with Crippen LogP contribution >= 0.6 is 24.0 Å². The summed E-state index contributed by atoms with van der Waals surface area (Å²) < 4.78 is 6.80. The number of guanidine groups is 1. The molecule has 0 aromatic carbocycles. The number of carbonyl (C=O) groups excluding carboxylic acids is 1. The minimum Gasteiger partial charge on any atom is -0.469 e. The third-order valence-corrected chi connectivity index (χ3v) is 4.21. The van der Waals surface area contributed by atoms with Crippen LogP contribution in [0.15, 0.2) is 4.99 Å². The average Bonchev–Trinajstić information content (AvgIpc) is 3.04. The summed E-state index contributed by atoms with van der Waals surface area (Å²) in [6.45, 7) is 5.90. The van der Waals surface area contributed by atoms with Crippen molar-refractivity contribution in [1.29, 1.82) is 0 Å². The van der Waals surface area contributed by atoms with Gasteiger partial charge < -0.3 is 19.5 Å². The zero-order valence-electron chi connectivity index (χ0n) is 14.2. The van der Waals surface area contributed by atoms with Crippen LogP contribution in [0.3, 0.4) is 0 Å². The van der Waals surface area contributed by atoms with Crippen molar-refractivity contribution < 1.29 is 9.53 Å². The second-order valence-corrected chi connectivity index (χ2v) is 5.64. The van der Waals surface area contributed by atoms with E-state index >= 15 is 0 Å². The zero-order valence-corrected chi connectivity index (χ0v) is 16.6. The minimum atomic E-state index is -0.158. The summed E-state index contributed by atoms with van der Waals surface area (Å²) in [5, 5.41) is 11.4. The number of nitrogens with one attached hydrogen (secondary N) is 1. The van der Waals surface area contributed by atoms with Crippen molar-refractivity contribution in [3.05, 3.63) is 11.6 Å². The monoisotopic (exact) mass is 436 g/mol. The molecule has 0 bridgehead atoms. The summed E-state index contributed by atoms with van der Waals surface area (Å²) in [6.07, 6.45) is 0. The van der Waals surface area contributed by atoms with Crippen LogP contribution in [0, 0.1) is 18.8 Å². The van der Waals surface area contributed by atoms with E-state index < -0.39 is 0 Å². The summed E-state index contributed by atoms with van der Waals surface area (Å²) >= 11 is 0.